The van der Waals surface area contributed by atoms with Gasteiger partial charge in [-0.05, 0) is 24.2 Å². The first kappa shape index (κ1) is 12.9. The summed E-state index contributed by atoms with van der Waals surface area (Å²) in [5, 5.41) is 0. The van der Waals surface area contributed by atoms with Crippen LogP contribution in [0.3, 0.4) is 0 Å². The Labute approximate surface area is 119 Å². The number of likely N-dealkylation sites (N-methyl/N-ethyl adjacent to an activating group) is 2. The maximum atomic E-state index is 12.2. The van der Waals surface area contributed by atoms with Crippen molar-refractivity contribution >= 4 is 11.6 Å². The zero-order valence-electron chi connectivity index (χ0n) is 11.8. The Balaban J connectivity index is 2.18. The molecule has 3 nitrogen and oxygen atoms in total. The first-order chi connectivity index (χ1) is 9.68. The molecule has 0 aliphatic carbocycles. The summed E-state index contributed by atoms with van der Waals surface area (Å²) in [6.07, 6.45) is 0. The van der Waals surface area contributed by atoms with Crippen molar-refractivity contribution in [2.45, 2.75) is 6.04 Å². The highest BCUT2D eigenvalue weighted by atomic mass is 16.2. The van der Waals surface area contributed by atoms with E-state index in [1.807, 2.05) is 50.5 Å². The summed E-state index contributed by atoms with van der Waals surface area (Å²) in [4.78, 5) is 16.1. The number of nitrogens with zero attached hydrogens (tertiary/aromatic N) is 2. The van der Waals surface area contributed by atoms with Crippen LogP contribution in [-0.4, -0.2) is 31.4 Å². The molecule has 1 aliphatic heterocycles. The zero-order chi connectivity index (χ0) is 14.1. The molecule has 1 heterocycles. The minimum atomic E-state index is 0.112. The van der Waals surface area contributed by atoms with Crippen LogP contribution < -0.4 is 4.90 Å². The van der Waals surface area contributed by atoms with Crippen LogP contribution in [0.25, 0.3) is 0 Å². The van der Waals surface area contributed by atoms with Crippen molar-refractivity contribution in [3.63, 3.8) is 0 Å². The summed E-state index contributed by atoms with van der Waals surface area (Å²) in [7, 11) is 3.86. The van der Waals surface area contributed by atoms with Crippen molar-refractivity contribution in [2.24, 2.45) is 0 Å². The molecule has 0 spiro atoms. The summed E-state index contributed by atoms with van der Waals surface area (Å²) in [6.45, 7) is 0.421. The largest absolute Gasteiger partial charge is 0.314 e. The molecule has 0 saturated carbocycles. The fourth-order valence-electron chi connectivity index (χ4n) is 2.88. The number of hydrogen-bond donors (Lipinski definition) is 0. The minimum absolute atomic E-state index is 0.112. The molecule has 3 heteroatoms. The van der Waals surface area contributed by atoms with Gasteiger partial charge in [0.1, 0.15) is 0 Å². The number of para-hydroxylation sites is 1. The number of hydrogen-bond acceptors (Lipinski definition) is 2. The maximum absolute atomic E-state index is 12.2. The van der Waals surface area contributed by atoms with Crippen LogP contribution in [0.5, 0.6) is 0 Å². The molecule has 0 N–H and O–H groups in total. The first-order valence-electron chi connectivity index (χ1n) is 6.79. The number of carbonyl (C=O) groups excluding carboxylic acids is 1. The number of anilines is 1. The highest BCUT2D eigenvalue weighted by molar-refractivity contribution is 5.96. The van der Waals surface area contributed by atoms with Crippen LogP contribution in [-0.2, 0) is 4.79 Å². The number of rotatable bonds is 1. The molecule has 1 amide bonds. The van der Waals surface area contributed by atoms with Crippen molar-refractivity contribution in [3.05, 3.63) is 65.7 Å². The van der Waals surface area contributed by atoms with Crippen molar-refractivity contribution < 1.29 is 4.79 Å². The minimum Gasteiger partial charge on any atom is -0.314 e. The Bertz CT molecular complexity index is 624. The molecule has 102 valence electrons. The Kier molecular flexibility index (Phi) is 3.28. The third-order valence-corrected chi connectivity index (χ3v) is 3.91. The lowest BCUT2D eigenvalue weighted by Gasteiger charge is -2.26. The Morgan fingerprint density at radius 3 is 2.35 bits per heavy atom. The highest BCUT2D eigenvalue weighted by Crippen LogP contribution is 2.36. The smallest absolute Gasteiger partial charge is 0.240 e. The lowest BCUT2D eigenvalue weighted by molar-refractivity contribution is -0.119. The van der Waals surface area contributed by atoms with E-state index in [0.29, 0.717) is 6.54 Å². The second-order valence-corrected chi connectivity index (χ2v) is 5.24. The average molecular weight is 266 g/mol. The Hall–Kier alpha value is -2.13. The zero-order valence-corrected chi connectivity index (χ0v) is 11.8. The fraction of sp³-hybridized carbons (Fsp3) is 0.235. The van der Waals surface area contributed by atoms with Gasteiger partial charge in [-0.3, -0.25) is 9.69 Å². The maximum Gasteiger partial charge on any atom is 0.240 e. The van der Waals surface area contributed by atoms with Crippen molar-refractivity contribution in [1.29, 1.82) is 0 Å². The van der Waals surface area contributed by atoms with Gasteiger partial charge in [-0.2, -0.15) is 0 Å². The molecule has 1 aliphatic rings. The van der Waals surface area contributed by atoms with Crippen molar-refractivity contribution in [3.8, 4) is 0 Å². The monoisotopic (exact) mass is 266 g/mol. The standard InChI is InChI=1S/C17H18N2O/c1-18-12-16(20)19(2)15-11-7-6-10-14(15)17(18)13-8-4-3-5-9-13/h3-11,17H,12H2,1-2H3/t17-/m1/s1. The van der Waals surface area contributed by atoms with E-state index < -0.39 is 0 Å². The van der Waals surface area contributed by atoms with Crippen LogP contribution in [0.2, 0.25) is 0 Å². The molecule has 2 aromatic carbocycles. The van der Waals surface area contributed by atoms with Gasteiger partial charge in [0.15, 0.2) is 0 Å². The van der Waals surface area contributed by atoms with Crippen LogP contribution in [0, 0.1) is 0 Å². The number of amides is 1. The van der Waals surface area contributed by atoms with Gasteiger partial charge in [0.25, 0.3) is 0 Å². The van der Waals surface area contributed by atoms with Crippen LogP contribution in [0.1, 0.15) is 17.2 Å². The van der Waals surface area contributed by atoms with E-state index in [1.54, 1.807) is 4.90 Å². The van der Waals surface area contributed by atoms with Gasteiger partial charge >= 0.3 is 0 Å². The molecule has 3 rings (SSSR count). The summed E-state index contributed by atoms with van der Waals surface area (Å²) in [6, 6.07) is 18.6. The van der Waals surface area contributed by atoms with Crippen molar-refractivity contribution in [1.82, 2.24) is 4.90 Å². The summed E-state index contributed by atoms with van der Waals surface area (Å²) < 4.78 is 0. The fourth-order valence-corrected chi connectivity index (χ4v) is 2.88. The molecule has 0 saturated heterocycles. The quantitative estimate of drug-likeness (QED) is 0.792. The second-order valence-electron chi connectivity index (χ2n) is 5.24. The summed E-state index contributed by atoms with van der Waals surface area (Å²) in [5.74, 6) is 0.124. The molecule has 0 radical (unpaired) electrons. The van der Waals surface area contributed by atoms with E-state index in [4.69, 9.17) is 0 Å². The van der Waals surface area contributed by atoms with Crippen LogP contribution in [0.15, 0.2) is 54.6 Å². The molecule has 0 fully saturated rings. The molecule has 0 bridgehead atoms. The average Bonchev–Trinajstić information content (AvgIpc) is 2.56. The van der Waals surface area contributed by atoms with Gasteiger partial charge in [0, 0.05) is 12.7 Å². The number of carbonyl (C=O) groups is 1. The van der Waals surface area contributed by atoms with E-state index in [-0.39, 0.29) is 11.9 Å². The van der Waals surface area contributed by atoms with E-state index in [9.17, 15) is 4.79 Å². The van der Waals surface area contributed by atoms with Gasteiger partial charge in [0.2, 0.25) is 5.91 Å². The van der Waals surface area contributed by atoms with Crippen molar-refractivity contribution in [2.75, 3.05) is 25.5 Å². The molecule has 0 aromatic heterocycles. The highest BCUT2D eigenvalue weighted by Gasteiger charge is 2.30. The lowest BCUT2D eigenvalue weighted by atomic mass is 9.96. The van der Waals surface area contributed by atoms with Gasteiger partial charge in [-0.1, -0.05) is 48.5 Å². The van der Waals surface area contributed by atoms with Gasteiger partial charge in [-0.15, -0.1) is 0 Å². The van der Waals surface area contributed by atoms with Crippen LogP contribution >= 0.6 is 0 Å². The van der Waals surface area contributed by atoms with E-state index >= 15 is 0 Å². The lowest BCUT2D eigenvalue weighted by Crippen LogP contribution is -2.34. The Morgan fingerprint density at radius 1 is 0.950 bits per heavy atom. The van der Waals surface area contributed by atoms with E-state index in [0.717, 1.165) is 5.69 Å². The topological polar surface area (TPSA) is 23.6 Å². The van der Waals surface area contributed by atoms with E-state index in [1.165, 1.54) is 11.1 Å². The molecule has 20 heavy (non-hydrogen) atoms. The molecular formula is C17H18N2O. The van der Waals surface area contributed by atoms with Gasteiger partial charge in [0.05, 0.1) is 12.6 Å². The van der Waals surface area contributed by atoms with E-state index in [2.05, 4.69) is 23.1 Å². The van der Waals surface area contributed by atoms with Gasteiger partial charge < -0.3 is 4.90 Å². The van der Waals surface area contributed by atoms with Gasteiger partial charge in [-0.25, -0.2) is 0 Å². The second kappa shape index (κ2) is 5.10. The Morgan fingerprint density at radius 2 is 1.60 bits per heavy atom. The predicted molar refractivity (Wildman–Crippen MR) is 80.8 cm³/mol. The first-order valence-corrected chi connectivity index (χ1v) is 6.79. The number of benzene rings is 2. The third-order valence-electron chi connectivity index (χ3n) is 3.91. The van der Waals surface area contributed by atoms with Crippen LogP contribution in [0.4, 0.5) is 5.69 Å². The number of fused-ring (bicyclic) bond motifs is 1. The third kappa shape index (κ3) is 2.10. The summed E-state index contributed by atoms with van der Waals surface area (Å²) >= 11 is 0. The molecular weight excluding hydrogens is 248 g/mol. The molecule has 2 aromatic rings. The normalized spacial score (nSPS) is 19.6. The molecule has 0 unspecified atom stereocenters. The SMILES string of the molecule is CN1C(=O)CN(C)[C@H](c2ccccc2)c2ccccc21. The summed E-state index contributed by atoms with van der Waals surface area (Å²) in [5.41, 5.74) is 3.39. The predicted octanol–water partition coefficient (Wildman–Crippen LogP) is 2.68. The molecule has 1 atom stereocenters.